The van der Waals surface area contributed by atoms with E-state index in [4.69, 9.17) is 10.5 Å². The first kappa shape index (κ1) is 15.9. The number of nitrogens with one attached hydrogen (secondary N) is 1. The first-order chi connectivity index (χ1) is 7.46. The van der Waals surface area contributed by atoms with E-state index in [9.17, 15) is 9.59 Å². The zero-order valence-corrected chi connectivity index (χ0v) is 11.6. The zero-order valence-electron chi connectivity index (χ0n) is 11.6. The van der Waals surface area contributed by atoms with Crippen LogP contribution in [0.4, 0.5) is 0 Å². The Morgan fingerprint density at radius 1 is 1.24 bits per heavy atom. The lowest BCUT2D eigenvalue weighted by molar-refractivity contribution is -0.144. The van der Waals surface area contributed by atoms with E-state index >= 15 is 0 Å². The van der Waals surface area contributed by atoms with Gasteiger partial charge < -0.3 is 15.8 Å². The van der Waals surface area contributed by atoms with Crippen LogP contribution in [0, 0.1) is 5.41 Å². The molecule has 1 amide bonds. The average Bonchev–Trinajstić information content (AvgIpc) is 2.11. The Morgan fingerprint density at radius 3 is 2.06 bits per heavy atom. The average molecular weight is 244 g/mol. The second-order valence-electron chi connectivity index (χ2n) is 6.00. The highest BCUT2D eigenvalue weighted by atomic mass is 16.5. The number of esters is 1. The predicted octanol–water partition coefficient (Wildman–Crippen LogP) is 0.818. The maximum absolute atomic E-state index is 11.9. The fourth-order valence-electron chi connectivity index (χ4n) is 1.12. The van der Waals surface area contributed by atoms with Gasteiger partial charge in [0.2, 0.25) is 5.91 Å². The summed E-state index contributed by atoms with van der Waals surface area (Å²) < 4.78 is 4.88. The summed E-state index contributed by atoms with van der Waals surface area (Å²) in [7, 11) is 0. The third-order valence-corrected chi connectivity index (χ3v) is 2.31. The largest absolute Gasteiger partial charge is 0.463 e. The Kier molecular flexibility index (Phi) is 5.13. The van der Waals surface area contributed by atoms with Gasteiger partial charge in [-0.25, -0.2) is 0 Å². The molecule has 0 unspecified atom stereocenters. The van der Waals surface area contributed by atoms with Crippen molar-refractivity contribution in [2.45, 2.75) is 53.1 Å². The lowest BCUT2D eigenvalue weighted by atomic mass is 9.86. The number of carbonyl (C=O) groups excluding carboxylic acids is 2. The molecule has 0 aromatic heterocycles. The quantitative estimate of drug-likeness (QED) is 0.717. The Morgan fingerprint density at radius 2 is 1.71 bits per heavy atom. The van der Waals surface area contributed by atoms with Gasteiger partial charge >= 0.3 is 5.97 Å². The van der Waals surface area contributed by atoms with Crippen LogP contribution in [0.2, 0.25) is 0 Å². The van der Waals surface area contributed by atoms with Crippen molar-refractivity contribution in [2.75, 3.05) is 6.61 Å². The van der Waals surface area contributed by atoms with Crippen molar-refractivity contribution in [1.82, 2.24) is 5.32 Å². The van der Waals surface area contributed by atoms with E-state index in [0.29, 0.717) is 0 Å². The molecule has 1 atom stereocenters. The van der Waals surface area contributed by atoms with E-state index in [0.717, 1.165) is 0 Å². The maximum atomic E-state index is 11.9. The zero-order chi connectivity index (χ0) is 13.9. The van der Waals surface area contributed by atoms with E-state index in [1.807, 2.05) is 20.8 Å². The monoisotopic (exact) mass is 244 g/mol. The second kappa shape index (κ2) is 5.49. The lowest BCUT2D eigenvalue weighted by Crippen LogP contribution is -2.56. The molecule has 0 spiro atoms. The van der Waals surface area contributed by atoms with Crippen LogP contribution >= 0.6 is 0 Å². The van der Waals surface area contributed by atoms with Crippen molar-refractivity contribution in [2.24, 2.45) is 11.1 Å². The molecule has 0 fully saturated rings. The summed E-state index contributed by atoms with van der Waals surface area (Å²) >= 11 is 0. The standard InChI is InChI=1S/C12H24N2O3/c1-8(15)17-7-12(5,6)14-10(16)9(13)11(2,3)4/h9H,7,13H2,1-6H3,(H,14,16)/t9-/m1/s1. The smallest absolute Gasteiger partial charge is 0.302 e. The third kappa shape index (κ3) is 6.26. The molecule has 5 nitrogen and oxygen atoms in total. The summed E-state index contributed by atoms with van der Waals surface area (Å²) in [6.45, 7) is 10.7. The van der Waals surface area contributed by atoms with E-state index in [2.05, 4.69) is 5.32 Å². The second-order valence-corrected chi connectivity index (χ2v) is 6.00. The molecule has 5 heteroatoms. The fourth-order valence-corrected chi connectivity index (χ4v) is 1.12. The molecule has 0 aliphatic heterocycles. The van der Waals surface area contributed by atoms with Gasteiger partial charge in [0.15, 0.2) is 0 Å². The molecule has 0 aromatic carbocycles. The summed E-state index contributed by atoms with van der Waals surface area (Å²) in [5.41, 5.74) is 4.91. The van der Waals surface area contributed by atoms with Crippen molar-refractivity contribution < 1.29 is 14.3 Å². The lowest BCUT2D eigenvalue weighted by Gasteiger charge is -2.31. The molecular weight excluding hydrogens is 220 g/mol. The van der Waals surface area contributed by atoms with Gasteiger partial charge in [-0.3, -0.25) is 9.59 Å². The first-order valence-electron chi connectivity index (χ1n) is 5.67. The topological polar surface area (TPSA) is 81.4 Å². The van der Waals surface area contributed by atoms with Crippen LogP contribution in [-0.2, 0) is 14.3 Å². The molecule has 0 saturated carbocycles. The van der Waals surface area contributed by atoms with Gasteiger partial charge in [-0.1, -0.05) is 20.8 Å². The Bertz CT molecular complexity index is 293. The van der Waals surface area contributed by atoms with E-state index in [1.165, 1.54) is 6.92 Å². The normalized spacial score (nSPS) is 14.1. The highest BCUT2D eigenvalue weighted by Gasteiger charge is 2.31. The van der Waals surface area contributed by atoms with Crippen LogP contribution in [0.1, 0.15) is 41.5 Å². The summed E-state index contributed by atoms with van der Waals surface area (Å²) in [6.07, 6.45) is 0. The molecule has 17 heavy (non-hydrogen) atoms. The third-order valence-electron chi connectivity index (χ3n) is 2.31. The van der Waals surface area contributed by atoms with Crippen LogP contribution in [-0.4, -0.2) is 30.1 Å². The van der Waals surface area contributed by atoms with Crippen LogP contribution in [0.25, 0.3) is 0 Å². The van der Waals surface area contributed by atoms with E-state index in [1.54, 1.807) is 13.8 Å². The van der Waals surface area contributed by atoms with Gasteiger partial charge in [0.1, 0.15) is 6.61 Å². The summed E-state index contributed by atoms with van der Waals surface area (Å²) in [6, 6.07) is -0.598. The Labute approximate surface area is 103 Å². The van der Waals surface area contributed by atoms with Crippen LogP contribution in [0.3, 0.4) is 0 Å². The number of carbonyl (C=O) groups is 2. The minimum atomic E-state index is -0.619. The highest BCUT2D eigenvalue weighted by Crippen LogP contribution is 2.18. The Hall–Kier alpha value is -1.10. The van der Waals surface area contributed by atoms with Gasteiger partial charge in [0, 0.05) is 6.92 Å². The van der Waals surface area contributed by atoms with Gasteiger partial charge in [-0.2, -0.15) is 0 Å². The summed E-state index contributed by atoms with van der Waals surface area (Å²) in [5.74, 6) is -0.609. The number of amides is 1. The molecular formula is C12H24N2O3. The van der Waals surface area contributed by atoms with Gasteiger partial charge in [-0.15, -0.1) is 0 Å². The number of hydrogen-bond acceptors (Lipinski definition) is 4. The van der Waals surface area contributed by atoms with E-state index in [-0.39, 0.29) is 23.9 Å². The Balaban J connectivity index is 4.41. The van der Waals surface area contributed by atoms with Crippen molar-refractivity contribution in [1.29, 1.82) is 0 Å². The van der Waals surface area contributed by atoms with Crippen molar-refractivity contribution >= 4 is 11.9 Å². The molecule has 0 bridgehead atoms. The minimum absolute atomic E-state index is 0.130. The molecule has 0 aliphatic carbocycles. The highest BCUT2D eigenvalue weighted by molar-refractivity contribution is 5.83. The van der Waals surface area contributed by atoms with Crippen LogP contribution < -0.4 is 11.1 Å². The molecule has 100 valence electrons. The first-order valence-corrected chi connectivity index (χ1v) is 5.67. The van der Waals surface area contributed by atoms with Gasteiger partial charge in [0.05, 0.1) is 11.6 Å². The summed E-state index contributed by atoms with van der Waals surface area (Å²) in [5, 5.41) is 2.78. The van der Waals surface area contributed by atoms with Crippen molar-refractivity contribution in [3.8, 4) is 0 Å². The molecule has 0 aromatic rings. The SMILES string of the molecule is CC(=O)OCC(C)(C)NC(=O)[C@@H](N)C(C)(C)C. The van der Waals surface area contributed by atoms with Crippen LogP contribution in [0.5, 0.6) is 0 Å². The minimum Gasteiger partial charge on any atom is -0.463 e. The maximum Gasteiger partial charge on any atom is 0.302 e. The molecule has 0 radical (unpaired) electrons. The molecule has 0 rings (SSSR count). The van der Waals surface area contributed by atoms with Crippen molar-refractivity contribution in [3.63, 3.8) is 0 Å². The van der Waals surface area contributed by atoms with E-state index < -0.39 is 11.6 Å². The van der Waals surface area contributed by atoms with Crippen molar-refractivity contribution in [3.05, 3.63) is 0 Å². The number of hydrogen-bond donors (Lipinski definition) is 2. The van der Waals surface area contributed by atoms with Gasteiger partial charge in [-0.05, 0) is 19.3 Å². The number of rotatable bonds is 4. The molecule has 0 aliphatic rings. The summed E-state index contributed by atoms with van der Waals surface area (Å²) in [4.78, 5) is 22.6. The fraction of sp³-hybridized carbons (Fsp3) is 0.833. The molecule has 0 saturated heterocycles. The van der Waals surface area contributed by atoms with Crippen LogP contribution in [0.15, 0.2) is 0 Å². The molecule has 3 N–H and O–H groups in total. The number of nitrogens with two attached hydrogens (primary N) is 1. The predicted molar refractivity (Wildman–Crippen MR) is 66.3 cm³/mol. The molecule has 0 heterocycles. The number of ether oxygens (including phenoxy) is 1. The van der Waals surface area contributed by atoms with Gasteiger partial charge in [0.25, 0.3) is 0 Å².